The van der Waals surface area contributed by atoms with E-state index in [4.69, 9.17) is 0 Å². The fourth-order valence-electron chi connectivity index (χ4n) is 2.15. The first-order chi connectivity index (χ1) is 9.70. The molecule has 106 valence electrons. The Hall–Kier alpha value is -2.10. The molecule has 4 heteroatoms. The van der Waals surface area contributed by atoms with Crippen molar-refractivity contribution < 1.29 is 4.79 Å². The lowest BCUT2D eigenvalue weighted by Crippen LogP contribution is -2.28. The van der Waals surface area contributed by atoms with Crippen LogP contribution in [0.3, 0.4) is 0 Å². The number of carbonyl (C=O) groups excluding carboxylic acids is 1. The van der Waals surface area contributed by atoms with Crippen LogP contribution in [-0.2, 0) is 11.3 Å². The molecule has 0 fully saturated rings. The van der Waals surface area contributed by atoms with Crippen LogP contribution in [0.25, 0.3) is 11.3 Å². The summed E-state index contributed by atoms with van der Waals surface area (Å²) in [7, 11) is 0. The van der Waals surface area contributed by atoms with E-state index in [0.717, 1.165) is 29.7 Å². The van der Waals surface area contributed by atoms with Gasteiger partial charge in [0.2, 0.25) is 5.91 Å². The van der Waals surface area contributed by atoms with Crippen molar-refractivity contribution >= 4 is 5.91 Å². The van der Waals surface area contributed by atoms with Gasteiger partial charge in [-0.25, -0.2) is 0 Å². The van der Waals surface area contributed by atoms with Crippen LogP contribution in [0.5, 0.6) is 0 Å². The minimum absolute atomic E-state index is 0.0873. The first-order valence-electron chi connectivity index (χ1n) is 7.07. The summed E-state index contributed by atoms with van der Waals surface area (Å²) in [6.45, 7) is 4.65. The second-order valence-corrected chi connectivity index (χ2v) is 5.07. The van der Waals surface area contributed by atoms with Crippen molar-refractivity contribution in [3.63, 3.8) is 0 Å². The summed E-state index contributed by atoms with van der Waals surface area (Å²) in [4.78, 5) is 11.8. The number of rotatable bonds is 6. The van der Waals surface area contributed by atoms with Gasteiger partial charge in [0.1, 0.15) is 0 Å². The minimum Gasteiger partial charge on any atom is -0.352 e. The van der Waals surface area contributed by atoms with Gasteiger partial charge in [-0.3, -0.25) is 9.89 Å². The van der Waals surface area contributed by atoms with E-state index in [2.05, 4.69) is 22.4 Å². The zero-order valence-corrected chi connectivity index (χ0v) is 12.0. The highest BCUT2D eigenvalue weighted by Gasteiger charge is 2.10. The van der Waals surface area contributed by atoms with Crippen LogP contribution in [-0.4, -0.2) is 16.1 Å². The number of nitrogens with zero attached hydrogens (tertiary/aromatic N) is 1. The SMILES string of the molecule is CCCC(C)C(=O)NCc1ccc(-c2ccn[nH]2)cc1. The molecule has 0 spiro atoms. The zero-order valence-electron chi connectivity index (χ0n) is 12.0. The van der Waals surface area contributed by atoms with Crippen LogP contribution in [0, 0.1) is 5.92 Å². The molecule has 0 bridgehead atoms. The molecule has 0 aliphatic heterocycles. The molecule has 2 rings (SSSR count). The van der Waals surface area contributed by atoms with Crippen molar-refractivity contribution in [2.24, 2.45) is 5.92 Å². The first kappa shape index (κ1) is 14.3. The van der Waals surface area contributed by atoms with E-state index in [1.54, 1.807) is 6.20 Å². The number of carbonyl (C=O) groups is 1. The smallest absolute Gasteiger partial charge is 0.223 e. The lowest BCUT2D eigenvalue weighted by molar-refractivity contribution is -0.124. The molecule has 20 heavy (non-hydrogen) atoms. The van der Waals surface area contributed by atoms with E-state index in [1.165, 1.54) is 0 Å². The molecule has 0 aliphatic carbocycles. The third kappa shape index (κ3) is 3.70. The molecule has 0 radical (unpaired) electrons. The Morgan fingerprint density at radius 2 is 2.05 bits per heavy atom. The highest BCUT2D eigenvalue weighted by Crippen LogP contribution is 2.16. The number of hydrogen-bond donors (Lipinski definition) is 2. The molecule has 0 saturated heterocycles. The number of aromatic amines is 1. The summed E-state index contributed by atoms with van der Waals surface area (Å²) in [5, 5.41) is 9.85. The topological polar surface area (TPSA) is 57.8 Å². The molecule has 1 aromatic heterocycles. The number of hydrogen-bond acceptors (Lipinski definition) is 2. The average Bonchev–Trinajstić information content (AvgIpc) is 2.99. The van der Waals surface area contributed by atoms with Gasteiger partial charge in [0.15, 0.2) is 0 Å². The van der Waals surface area contributed by atoms with Crippen LogP contribution < -0.4 is 5.32 Å². The Morgan fingerprint density at radius 3 is 2.65 bits per heavy atom. The van der Waals surface area contributed by atoms with E-state index in [-0.39, 0.29) is 11.8 Å². The molecule has 2 aromatic rings. The van der Waals surface area contributed by atoms with Crippen LogP contribution in [0.1, 0.15) is 32.3 Å². The Morgan fingerprint density at radius 1 is 1.30 bits per heavy atom. The van der Waals surface area contributed by atoms with E-state index in [1.807, 2.05) is 37.3 Å². The van der Waals surface area contributed by atoms with Gasteiger partial charge in [-0.1, -0.05) is 44.5 Å². The van der Waals surface area contributed by atoms with E-state index < -0.39 is 0 Å². The Kier molecular flexibility index (Phi) is 4.93. The largest absolute Gasteiger partial charge is 0.352 e. The van der Waals surface area contributed by atoms with Gasteiger partial charge in [0, 0.05) is 18.7 Å². The van der Waals surface area contributed by atoms with E-state index in [9.17, 15) is 4.79 Å². The van der Waals surface area contributed by atoms with Crippen LogP contribution in [0.2, 0.25) is 0 Å². The van der Waals surface area contributed by atoms with Gasteiger partial charge in [-0.2, -0.15) is 5.10 Å². The first-order valence-corrected chi connectivity index (χ1v) is 7.07. The standard InChI is InChI=1S/C16H21N3O/c1-3-4-12(2)16(20)17-11-13-5-7-14(8-6-13)15-9-10-18-19-15/h5-10,12H,3-4,11H2,1-2H3,(H,17,20)(H,18,19). The predicted octanol–water partition coefficient (Wildman–Crippen LogP) is 3.13. The summed E-state index contributed by atoms with van der Waals surface area (Å²) >= 11 is 0. The maximum atomic E-state index is 11.8. The van der Waals surface area contributed by atoms with Gasteiger partial charge < -0.3 is 5.32 Å². The van der Waals surface area contributed by atoms with Crippen molar-refractivity contribution in [2.75, 3.05) is 0 Å². The fourth-order valence-corrected chi connectivity index (χ4v) is 2.15. The van der Waals surface area contributed by atoms with Gasteiger partial charge in [0.25, 0.3) is 0 Å². The average molecular weight is 271 g/mol. The van der Waals surface area contributed by atoms with Crippen molar-refractivity contribution in [1.82, 2.24) is 15.5 Å². The fraction of sp³-hybridized carbons (Fsp3) is 0.375. The lowest BCUT2D eigenvalue weighted by Gasteiger charge is -2.11. The zero-order chi connectivity index (χ0) is 14.4. The van der Waals surface area contributed by atoms with Gasteiger partial charge in [-0.05, 0) is 23.6 Å². The van der Waals surface area contributed by atoms with Crippen molar-refractivity contribution in [3.8, 4) is 11.3 Å². The molecule has 1 unspecified atom stereocenters. The molecule has 1 amide bonds. The van der Waals surface area contributed by atoms with Crippen molar-refractivity contribution in [1.29, 1.82) is 0 Å². The molecule has 1 aromatic carbocycles. The van der Waals surface area contributed by atoms with Gasteiger partial charge in [0.05, 0.1) is 5.69 Å². The maximum absolute atomic E-state index is 11.8. The Labute approximate surface area is 119 Å². The Bertz CT molecular complexity index is 531. The van der Waals surface area contributed by atoms with E-state index >= 15 is 0 Å². The Balaban J connectivity index is 1.90. The van der Waals surface area contributed by atoms with Crippen molar-refractivity contribution in [2.45, 2.75) is 33.2 Å². The van der Waals surface area contributed by atoms with Crippen LogP contribution in [0.15, 0.2) is 36.5 Å². The summed E-state index contributed by atoms with van der Waals surface area (Å²) in [6, 6.07) is 10.1. The molecule has 0 aliphatic rings. The predicted molar refractivity (Wildman–Crippen MR) is 79.9 cm³/mol. The number of H-pyrrole nitrogens is 1. The second kappa shape index (κ2) is 6.89. The summed E-state index contributed by atoms with van der Waals surface area (Å²) in [5.74, 6) is 0.216. The summed E-state index contributed by atoms with van der Waals surface area (Å²) < 4.78 is 0. The normalized spacial score (nSPS) is 12.1. The highest BCUT2D eigenvalue weighted by molar-refractivity contribution is 5.78. The highest BCUT2D eigenvalue weighted by atomic mass is 16.1. The van der Waals surface area contributed by atoms with Crippen LogP contribution >= 0.6 is 0 Å². The molecule has 2 N–H and O–H groups in total. The molecule has 1 heterocycles. The molecular weight excluding hydrogens is 250 g/mol. The molecule has 1 atom stereocenters. The van der Waals surface area contributed by atoms with Gasteiger partial charge in [-0.15, -0.1) is 0 Å². The van der Waals surface area contributed by atoms with E-state index in [0.29, 0.717) is 6.54 Å². The monoisotopic (exact) mass is 271 g/mol. The molecule has 0 saturated carbocycles. The molecule has 4 nitrogen and oxygen atoms in total. The number of nitrogens with one attached hydrogen (secondary N) is 2. The third-order valence-electron chi connectivity index (χ3n) is 3.40. The summed E-state index contributed by atoms with van der Waals surface area (Å²) in [6.07, 6.45) is 3.71. The van der Waals surface area contributed by atoms with Crippen molar-refractivity contribution in [3.05, 3.63) is 42.1 Å². The number of benzene rings is 1. The van der Waals surface area contributed by atoms with Crippen LogP contribution in [0.4, 0.5) is 0 Å². The third-order valence-corrected chi connectivity index (χ3v) is 3.40. The second-order valence-electron chi connectivity index (χ2n) is 5.07. The van der Waals surface area contributed by atoms with Gasteiger partial charge >= 0.3 is 0 Å². The lowest BCUT2D eigenvalue weighted by atomic mass is 10.1. The molecular formula is C16H21N3O. The maximum Gasteiger partial charge on any atom is 0.223 e. The number of amides is 1. The minimum atomic E-state index is 0.0873. The number of aromatic nitrogens is 2. The quantitative estimate of drug-likeness (QED) is 0.848. The summed E-state index contributed by atoms with van der Waals surface area (Å²) in [5.41, 5.74) is 3.19.